The molecular formula is C26H28N4O4S. The number of hydrogen-bond acceptors (Lipinski definition) is 5. The predicted molar refractivity (Wildman–Crippen MR) is 133 cm³/mol. The number of sulfonamides is 1. The van der Waals surface area contributed by atoms with E-state index >= 15 is 0 Å². The number of carbonyl (C=O) groups is 2. The molecule has 2 unspecified atom stereocenters. The van der Waals surface area contributed by atoms with Crippen molar-refractivity contribution in [1.82, 2.24) is 14.6 Å². The number of carbonyl (C=O) groups excluding carboxylic acids is 2. The Balaban J connectivity index is 1.48. The van der Waals surface area contributed by atoms with Crippen molar-refractivity contribution < 1.29 is 18.0 Å². The van der Waals surface area contributed by atoms with E-state index in [2.05, 4.69) is 15.6 Å². The maximum atomic E-state index is 13.2. The molecular weight excluding hydrogens is 464 g/mol. The van der Waals surface area contributed by atoms with Crippen LogP contribution in [-0.2, 0) is 26.0 Å². The number of benzene rings is 2. The smallest absolute Gasteiger partial charge is 0.248 e. The Morgan fingerprint density at radius 2 is 1.66 bits per heavy atom. The average molecular weight is 493 g/mol. The summed E-state index contributed by atoms with van der Waals surface area (Å²) in [6.07, 6.45) is 2.98. The van der Waals surface area contributed by atoms with Crippen LogP contribution in [0.4, 0.5) is 5.82 Å². The van der Waals surface area contributed by atoms with Crippen LogP contribution in [0.15, 0.2) is 90.0 Å². The van der Waals surface area contributed by atoms with Gasteiger partial charge in [0.05, 0.1) is 10.8 Å². The normalized spacial score (nSPS) is 17.3. The van der Waals surface area contributed by atoms with Crippen molar-refractivity contribution in [3.63, 3.8) is 0 Å². The minimum atomic E-state index is -3.70. The first-order chi connectivity index (χ1) is 16.9. The number of anilines is 1. The van der Waals surface area contributed by atoms with E-state index in [1.54, 1.807) is 54.7 Å². The van der Waals surface area contributed by atoms with E-state index in [1.165, 1.54) is 4.31 Å². The fraction of sp³-hybridized carbons (Fsp3) is 0.269. The zero-order valence-electron chi connectivity index (χ0n) is 19.2. The molecule has 1 aromatic heterocycles. The van der Waals surface area contributed by atoms with E-state index in [1.807, 2.05) is 30.3 Å². The molecule has 0 aliphatic carbocycles. The van der Waals surface area contributed by atoms with Crippen molar-refractivity contribution in [1.29, 1.82) is 0 Å². The monoisotopic (exact) mass is 492 g/mol. The summed E-state index contributed by atoms with van der Waals surface area (Å²) < 4.78 is 27.5. The quantitative estimate of drug-likeness (QED) is 0.503. The predicted octanol–water partition coefficient (Wildman–Crippen LogP) is 2.85. The molecule has 3 aromatic rings. The molecule has 9 heteroatoms. The summed E-state index contributed by atoms with van der Waals surface area (Å²) >= 11 is 0. The Morgan fingerprint density at radius 3 is 2.34 bits per heavy atom. The van der Waals surface area contributed by atoms with Gasteiger partial charge < -0.3 is 10.6 Å². The van der Waals surface area contributed by atoms with Crippen LogP contribution in [0.1, 0.15) is 18.4 Å². The van der Waals surface area contributed by atoms with Gasteiger partial charge in [-0.05, 0) is 42.7 Å². The van der Waals surface area contributed by atoms with Crippen LogP contribution in [-0.4, -0.2) is 48.7 Å². The van der Waals surface area contributed by atoms with Crippen LogP contribution >= 0.6 is 0 Å². The van der Waals surface area contributed by atoms with Gasteiger partial charge >= 0.3 is 0 Å². The maximum Gasteiger partial charge on any atom is 0.248 e. The summed E-state index contributed by atoms with van der Waals surface area (Å²) in [6.45, 7) is 0.428. The zero-order chi connectivity index (χ0) is 24.7. The molecule has 2 amide bonds. The molecule has 182 valence electrons. The van der Waals surface area contributed by atoms with Gasteiger partial charge in [-0.1, -0.05) is 54.6 Å². The Kier molecular flexibility index (Phi) is 7.89. The lowest BCUT2D eigenvalue weighted by Gasteiger charge is -2.32. The van der Waals surface area contributed by atoms with Crippen molar-refractivity contribution in [2.45, 2.75) is 30.2 Å². The largest absolute Gasteiger partial charge is 0.344 e. The second kappa shape index (κ2) is 11.2. The summed E-state index contributed by atoms with van der Waals surface area (Å²) in [5, 5.41) is 5.62. The first kappa shape index (κ1) is 24.6. The molecule has 0 radical (unpaired) electrons. The summed E-state index contributed by atoms with van der Waals surface area (Å²) in [6, 6.07) is 22.0. The number of hydrogen-bond donors (Lipinski definition) is 2. The second-order valence-electron chi connectivity index (χ2n) is 8.47. The van der Waals surface area contributed by atoms with Gasteiger partial charge in [0.25, 0.3) is 0 Å². The molecule has 4 rings (SSSR count). The molecule has 2 N–H and O–H groups in total. The lowest BCUT2D eigenvalue weighted by Crippen LogP contribution is -2.51. The van der Waals surface area contributed by atoms with Gasteiger partial charge in [0.15, 0.2) is 0 Å². The Hall–Kier alpha value is -3.56. The lowest BCUT2D eigenvalue weighted by atomic mass is 9.97. The number of pyridine rings is 1. The van der Waals surface area contributed by atoms with Crippen LogP contribution in [0.2, 0.25) is 0 Å². The highest BCUT2D eigenvalue weighted by molar-refractivity contribution is 7.89. The number of nitrogens with zero attached hydrogens (tertiary/aromatic N) is 2. The van der Waals surface area contributed by atoms with Gasteiger partial charge in [0.2, 0.25) is 21.8 Å². The average Bonchev–Trinajstić information content (AvgIpc) is 2.90. The Morgan fingerprint density at radius 1 is 0.971 bits per heavy atom. The molecule has 0 saturated carbocycles. The van der Waals surface area contributed by atoms with E-state index in [0.717, 1.165) is 5.56 Å². The van der Waals surface area contributed by atoms with Crippen molar-refractivity contribution in [3.8, 4) is 0 Å². The van der Waals surface area contributed by atoms with Gasteiger partial charge in [-0.2, -0.15) is 4.31 Å². The molecule has 2 atom stereocenters. The van der Waals surface area contributed by atoms with E-state index in [0.29, 0.717) is 31.6 Å². The van der Waals surface area contributed by atoms with Crippen LogP contribution in [0, 0.1) is 5.92 Å². The fourth-order valence-corrected chi connectivity index (χ4v) is 5.66. The molecule has 1 aliphatic rings. The zero-order valence-corrected chi connectivity index (χ0v) is 20.0. The third-order valence-electron chi connectivity index (χ3n) is 5.97. The fourth-order valence-electron chi connectivity index (χ4n) is 4.11. The van der Waals surface area contributed by atoms with Gasteiger partial charge in [-0.15, -0.1) is 0 Å². The highest BCUT2D eigenvalue weighted by Gasteiger charge is 2.34. The third kappa shape index (κ3) is 6.32. The number of rotatable bonds is 8. The topological polar surface area (TPSA) is 108 Å². The van der Waals surface area contributed by atoms with Crippen molar-refractivity contribution in [3.05, 3.63) is 90.6 Å². The van der Waals surface area contributed by atoms with Crippen LogP contribution in [0.3, 0.4) is 0 Å². The van der Waals surface area contributed by atoms with Crippen molar-refractivity contribution >= 4 is 27.7 Å². The summed E-state index contributed by atoms with van der Waals surface area (Å²) in [5.41, 5.74) is 0.894. The molecule has 1 aliphatic heterocycles. The highest BCUT2D eigenvalue weighted by Crippen LogP contribution is 2.24. The number of piperidine rings is 1. The van der Waals surface area contributed by atoms with Gasteiger partial charge in [0, 0.05) is 25.7 Å². The van der Waals surface area contributed by atoms with E-state index < -0.39 is 22.0 Å². The molecule has 1 fully saturated rings. The molecule has 8 nitrogen and oxygen atoms in total. The van der Waals surface area contributed by atoms with Crippen LogP contribution < -0.4 is 10.6 Å². The standard InChI is InChI=1S/C26H28N4O4S/c31-25(21-12-9-17-30(19-21)35(33,34)22-13-5-2-6-14-22)28-23(18-20-10-3-1-4-11-20)26(32)29-24-15-7-8-16-27-24/h1-8,10-11,13-16,21,23H,9,12,17-19H2,(H,28,31)(H,27,29,32). The Labute approximate surface area is 205 Å². The van der Waals surface area contributed by atoms with Crippen LogP contribution in [0.5, 0.6) is 0 Å². The van der Waals surface area contributed by atoms with Crippen LogP contribution in [0.25, 0.3) is 0 Å². The van der Waals surface area contributed by atoms with Gasteiger partial charge in [0.1, 0.15) is 11.9 Å². The number of amides is 2. The first-order valence-electron chi connectivity index (χ1n) is 11.5. The molecule has 1 saturated heterocycles. The minimum Gasteiger partial charge on any atom is -0.344 e. The Bertz CT molecular complexity index is 1240. The van der Waals surface area contributed by atoms with E-state index in [9.17, 15) is 18.0 Å². The number of aromatic nitrogens is 1. The van der Waals surface area contributed by atoms with E-state index in [4.69, 9.17) is 0 Å². The molecule has 0 bridgehead atoms. The molecule has 0 spiro atoms. The van der Waals surface area contributed by atoms with Crippen molar-refractivity contribution in [2.24, 2.45) is 5.92 Å². The third-order valence-corrected chi connectivity index (χ3v) is 7.85. The molecule has 35 heavy (non-hydrogen) atoms. The summed E-state index contributed by atoms with van der Waals surface area (Å²) in [7, 11) is -3.70. The number of nitrogens with one attached hydrogen (secondary N) is 2. The maximum absolute atomic E-state index is 13.2. The highest BCUT2D eigenvalue weighted by atomic mass is 32.2. The van der Waals surface area contributed by atoms with E-state index in [-0.39, 0.29) is 23.3 Å². The first-order valence-corrected chi connectivity index (χ1v) is 13.0. The van der Waals surface area contributed by atoms with Gasteiger partial charge in [-0.25, -0.2) is 13.4 Å². The second-order valence-corrected chi connectivity index (χ2v) is 10.4. The molecule has 2 aromatic carbocycles. The van der Waals surface area contributed by atoms with Gasteiger partial charge in [-0.3, -0.25) is 9.59 Å². The SMILES string of the molecule is O=C(NC(Cc1ccccc1)C(=O)Nc1ccccn1)C1CCCN(S(=O)(=O)c2ccccc2)C1. The summed E-state index contributed by atoms with van der Waals surface area (Å²) in [4.78, 5) is 30.6. The van der Waals surface area contributed by atoms with Crippen molar-refractivity contribution in [2.75, 3.05) is 18.4 Å². The molecule has 2 heterocycles. The minimum absolute atomic E-state index is 0.0724. The lowest BCUT2D eigenvalue weighted by molar-refractivity contribution is -0.130. The summed E-state index contributed by atoms with van der Waals surface area (Å²) in [5.74, 6) is -0.883.